The van der Waals surface area contributed by atoms with Crippen molar-refractivity contribution in [1.82, 2.24) is 20.2 Å². The molecule has 0 bridgehead atoms. The zero-order chi connectivity index (χ0) is 18.6. The van der Waals surface area contributed by atoms with E-state index in [1.807, 2.05) is 66.7 Å². The molecule has 1 atom stereocenters. The van der Waals surface area contributed by atoms with Crippen LogP contribution in [0.2, 0.25) is 0 Å². The molecule has 4 aromatic rings. The fourth-order valence-electron chi connectivity index (χ4n) is 2.78. The second-order valence-corrected chi connectivity index (χ2v) is 7.03. The lowest BCUT2D eigenvalue weighted by Crippen LogP contribution is -2.25. The van der Waals surface area contributed by atoms with Crippen LogP contribution in [0.1, 0.15) is 0 Å². The van der Waals surface area contributed by atoms with Gasteiger partial charge in [0, 0.05) is 15.4 Å². The highest BCUT2D eigenvalue weighted by Gasteiger charge is 2.12. The van der Waals surface area contributed by atoms with Crippen molar-refractivity contribution in [1.29, 1.82) is 0 Å². The predicted octanol–water partition coefficient (Wildman–Crippen LogP) is 3.70. The van der Waals surface area contributed by atoms with Crippen LogP contribution in [0, 0.1) is 0 Å². The first kappa shape index (κ1) is 17.6. The van der Waals surface area contributed by atoms with Crippen LogP contribution in [0.3, 0.4) is 0 Å². The van der Waals surface area contributed by atoms with Gasteiger partial charge in [0.05, 0.1) is 6.54 Å². The molecule has 1 N–H and O–H groups in total. The van der Waals surface area contributed by atoms with E-state index < -0.39 is 6.10 Å². The molecule has 1 heterocycles. The van der Waals surface area contributed by atoms with Gasteiger partial charge in [-0.05, 0) is 40.9 Å². The van der Waals surface area contributed by atoms with Crippen molar-refractivity contribution < 1.29 is 9.84 Å². The van der Waals surface area contributed by atoms with Crippen LogP contribution in [-0.4, -0.2) is 38.0 Å². The molecule has 3 aromatic carbocycles. The minimum absolute atomic E-state index is 0.142. The number of hydrogen-bond acceptors (Lipinski definition) is 5. The standard InChI is InChI=1S/C20H17BrN4O2/c21-16-10-8-15(9-11-16)20-22-24-25(23-20)12-17(26)13-27-19-7-3-5-14-4-1-2-6-18(14)19/h1-11,17,26H,12-13H2. The third kappa shape index (κ3) is 4.15. The Hall–Kier alpha value is -2.77. The highest BCUT2D eigenvalue weighted by atomic mass is 79.9. The number of rotatable bonds is 6. The minimum atomic E-state index is -0.754. The molecule has 0 aliphatic rings. The Bertz CT molecular complexity index is 1040. The van der Waals surface area contributed by atoms with E-state index in [4.69, 9.17) is 4.74 Å². The number of nitrogens with zero attached hydrogens (tertiary/aromatic N) is 4. The zero-order valence-electron chi connectivity index (χ0n) is 14.4. The van der Waals surface area contributed by atoms with Crippen LogP contribution in [0.15, 0.2) is 71.2 Å². The monoisotopic (exact) mass is 424 g/mol. The van der Waals surface area contributed by atoms with Crippen LogP contribution < -0.4 is 4.74 Å². The van der Waals surface area contributed by atoms with Crippen LogP contribution in [0.25, 0.3) is 22.2 Å². The maximum absolute atomic E-state index is 10.3. The second-order valence-electron chi connectivity index (χ2n) is 6.12. The van der Waals surface area contributed by atoms with Crippen molar-refractivity contribution >= 4 is 26.7 Å². The first-order valence-corrected chi connectivity index (χ1v) is 9.31. The number of benzene rings is 3. The number of halogens is 1. The molecule has 1 aromatic heterocycles. The van der Waals surface area contributed by atoms with Crippen LogP contribution in [-0.2, 0) is 6.54 Å². The summed E-state index contributed by atoms with van der Waals surface area (Å²) in [4.78, 5) is 1.38. The molecule has 0 saturated carbocycles. The molecule has 0 saturated heterocycles. The number of hydrogen-bond donors (Lipinski definition) is 1. The highest BCUT2D eigenvalue weighted by Crippen LogP contribution is 2.25. The van der Waals surface area contributed by atoms with Crippen molar-refractivity contribution in [3.63, 3.8) is 0 Å². The lowest BCUT2D eigenvalue weighted by atomic mass is 10.1. The summed E-state index contributed by atoms with van der Waals surface area (Å²) in [6, 6.07) is 21.5. The van der Waals surface area contributed by atoms with E-state index >= 15 is 0 Å². The first-order valence-electron chi connectivity index (χ1n) is 8.51. The van der Waals surface area contributed by atoms with E-state index in [1.165, 1.54) is 4.80 Å². The maximum Gasteiger partial charge on any atom is 0.204 e. The number of fused-ring (bicyclic) bond motifs is 1. The van der Waals surface area contributed by atoms with Crippen molar-refractivity contribution in [2.45, 2.75) is 12.6 Å². The largest absolute Gasteiger partial charge is 0.490 e. The van der Waals surface area contributed by atoms with E-state index in [-0.39, 0.29) is 13.2 Å². The molecule has 6 nitrogen and oxygen atoms in total. The van der Waals surface area contributed by atoms with Crippen molar-refractivity contribution in [2.24, 2.45) is 0 Å². The Morgan fingerprint density at radius 3 is 2.63 bits per heavy atom. The van der Waals surface area contributed by atoms with Crippen molar-refractivity contribution in [3.8, 4) is 17.1 Å². The van der Waals surface area contributed by atoms with Gasteiger partial charge >= 0.3 is 0 Å². The Balaban J connectivity index is 1.39. The van der Waals surface area contributed by atoms with Crippen LogP contribution in [0.4, 0.5) is 0 Å². The number of aromatic nitrogens is 4. The molecular formula is C20H17BrN4O2. The summed E-state index contributed by atoms with van der Waals surface area (Å²) in [5.74, 6) is 1.26. The number of aliphatic hydroxyl groups excluding tert-OH is 1. The van der Waals surface area contributed by atoms with E-state index in [2.05, 4.69) is 31.3 Å². The molecular weight excluding hydrogens is 408 g/mol. The second kappa shape index (κ2) is 7.85. The summed E-state index contributed by atoms with van der Waals surface area (Å²) in [6.07, 6.45) is -0.754. The molecule has 0 spiro atoms. The SMILES string of the molecule is OC(COc1cccc2ccccc12)Cn1nnc(-c2ccc(Br)cc2)n1. The Morgan fingerprint density at radius 2 is 1.78 bits per heavy atom. The lowest BCUT2D eigenvalue weighted by Gasteiger charge is -2.13. The summed E-state index contributed by atoms with van der Waals surface area (Å²) in [5, 5.41) is 24.8. The summed E-state index contributed by atoms with van der Waals surface area (Å²) in [5.41, 5.74) is 0.867. The quantitative estimate of drug-likeness (QED) is 0.510. The number of aliphatic hydroxyl groups is 1. The Morgan fingerprint density at radius 1 is 1.00 bits per heavy atom. The predicted molar refractivity (Wildman–Crippen MR) is 106 cm³/mol. The molecule has 0 fully saturated rings. The minimum Gasteiger partial charge on any atom is -0.490 e. The average Bonchev–Trinajstić information content (AvgIpc) is 3.15. The van der Waals surface area contributed by atoms with Gasteiger partial charge in [-0.2, -0.15) is 4.80 Å². The van der Waals surface area contributed by atoms with Crippen LogP contribution in [0.5, 0.6) is 5.75 Å². The van der Waals surface area contributed by atoms with E-state index in [9.17, 15) is 5.11 Å². The third-order valence-corrected chi connectivity index (χ3v) is 4.64. The number of tetrazole rings is 1. The molecule has 0 aliphatic heterocycles. The molecule has 0 radical (unpaired) electrons. The molecule has 27 heavy (non-hydrogen) atoms. The molecule has 136 valence electrons. The Kier molecular flexibility index (Phi) is 5.13. The maximum atomic E-state index is 10.3. The lowest BCUT2D eigenvalue weighted by molar-refractivity contribution is 0.0857. The fraction of sp³-hybridized carbons (Fsp3) is 0.150. The van der Waals surface area contributed by atoms with Crippen molar-refractivity contribution in [3.05, 3.63) is 71.2 Å². The summed E-state index contributed by atoms with van der Waals surface area (Å²) >= 11 is 3.40. The summed E-state index contributed by atoms with van der Waals surface area (Å²) in [7, 11) is 0. The molecule has 4 rings (SSSR count). The molecule has 0 amide bonds. The summed E-state index contributed by atoms with van der Waals surface area (Å²) in [6.45, 7) is 0.345. The smallest absolute Gasteiger partial charge is 0.204 e. The molecule has 0 aliphatic carbocycles. The van der Waals surface area contributed by atoms with Crippen molar-refractivity contribution in [2.75, 3.05) is 6.61 Å². The van der Waals surface area contributed by atoms with E-state index in [0.29, 0.717) is 5.82 Å². The van der Waals surface area contributed by atoms with Gasteiger partial charge in [-0.1, -0.05) is 52.3 Å². The van der Waals surface area contributed by atoms with Gasteiger partial charge in [0.1, 0.15) is 18.5 Å². The third-order valence-electron chi connectivity index (χ3n) is 4.11. The van der Waals surface area contributed by atoms with Gasteiger partial charge < -0.3 is 9.84 Å². The van der Waals surface area contributed by atoms with Gasteiger partial charge in [0.25, 0.3) is 0 Å². The van der Waals surface area contributed by atoms with Crippen LogP contribution >= 0.6 is 15.9 Å². The topological polar surface area (TPSA) is 73.1 Å². The van der Waals surface area contributed by atoms with Gasteiger partial charge in [-0.25, -0.2) is 0 Å². The van der Waals surface area contributed by atoms with Gasteiger partial charge in [0.15, 0.2) is 0 Å². The Labute approximate surface area is 164 Å². The van der Waals surface area contributed by atoms with Gasteiger partial charge in [-0.3, -0.25) is 0 Å². The normalized spacial score (nSPS) is 12.2. The van der Waals surface area contributed by atoms with E-state index in [1.54, 1.807) is 0 Å². The number of ether oxygens (including phenoxy) is 1. The molecule has 7 heteroatoms. The fourth-order valence-corrected chi connectivity index (χ4v) is 3.05. The average molecular weight is 425 g/mol. The zero-order valence-corrected chi connectivity index (χ0v) is 16.0. The highest BCUT2D eigenvalue weighted by molar-refractivity contribution is 9.10. The van der Waals surface area contributed by atoms with E-state index in [0.717, 1.165) is 26.6 Å². The van der Waals surface area contributed by atoms with Gasteiger partial charge in [-0.15, -0.1) is 10.2 Å². The molecule has 1 unspecified atom stereocenters. The summed E-state index contributed by atoms with van der Waals surface area (Å²) < 4.78 is 6.80. The first-order chi connectivity index (χ1) is 13.2. The van der Waals surface area contributed by atoms with Gasteiger partial charge in [0.2, 0.25) is 5.82 Å².